The number of carbonyl (C=O) groups excluding carboxylic acids is 1. The number of nitrogens with zero attached hydrogens (tertiary/aromatic N) is 5. The molecule has 0 saturated carbocycles. The SMILES string of the molecule is CN(Cc1cnc2nc(N)nc(N)c2n1)c1ccc(C(=O)N[C@@H](CCC(=O)O)C(=O)O)cc1.[Mo]. The van der Waals surface area contributed by atoms with Crippen LogP contribution in [0.25, 0.3) is 11.2 Å². The number of nitrogens with one attached hydrogen (secondary N) is 1. The van der Waals surface area contributed by atoms with Crippen LogP contribution in [0.3, 0.4) is 0 Å². The summed E-state index contributed by atoms with van der Waals surface area (Å²) in [6.45, 7) is 0.370. The average molecular weight is 550 g/mol. The standard InChI is InChI=1S/C20H22N8O5.Mo/c1-28(9-11-8-23-17-15(24-11)16(21)26-20(22)27-17)12-4-2-10(3-5-12)18(31)25-13(19(32)33)6-7-14(29)30;/h2-5,8,13H,6-7,9H2,1H3,(H,25,31)(H,29,30)(H,32,33)(H4,21,22,23,26,27);/t13-;/m0./s1. The molecule has 0 radical (unpaired) electrons. The molecule has 1 amide bonds. The van der Waals surface area contributed by atoms with Crippen molar-refractivity contribution in [3.63, 3.8) is 0 Å². The van der Waals surface area contributed by atoms with Crippen LogP contribution in [0.15, 0.2) is 30.5 Å². The van der Waals surface area contributed by atoms with Crippen molar-refractivity contribution in [3.8, 4) is 0 Å². The molecular weight excluding hydrogens is 528 g/mol. The van der Waals surface area contributed by atoms with Crippen LogP contribution in [0.1, 0.15) is 28.9 Å². The number of carboxylic acid groups (broad SMARTS) is 2. The van der Waals surface area contributed by atoms with Crippen molar-refractivity contribution >= 4 is 46.5 Å². The van der Waals surface area contributed by atoms with Crippen LogP contribution in [-0.4, -0.2) is 61.1 Å². The minimum atomic E-state index is -1.30. The van der Waals surface area contributed by atoms with Gasteiger partial charge in [-0.25, -0.2) is 14.8 Å². The maximum atomic E-state index is 12.4. The van der Waals surface area contributed by atoms with Crippen molar-refractivity contribution in [1.29, 1.82) is 0 Å². The Morgan fingerprint density at radius 1 is 1.09 bits per heavy atom. The molecule has 0 aliphatic rings. The van der Waals surface area contributed by atoms with E-state index in [1.807, 2.05) is 11.9 Å². The summed E-state index contributed by atoms with van der Waals surface area (Å²) in [5.74, 6) is -2.91. The summed E-state index contributed by atoms with van der Waals surface area (Å²) in [5.41, 5.74) is 13.7. The Bertz CT molecular complexity index is 1210. The molecule has 1 aromatic carbocycles. The molecule has 7 N–H and O–H groups in total. The van der Waals surface area contributed by atoms with Gasteiger partial charge < -0.3 is 31.9 Å². The summed E-state index contributed by atoms with van der Waals surface area (Å²) >= 11 is 0. The van der Waals surface area contributed by atoms with Crippen LogP contribution < -0.4 is 21.7 Å². The summed E-state index contributed by atoms with van der Waals surface area (Å²) < 4.78 is 0. The number of rotatable bonds is 9. The molecule has 0 bridgehead atoms. The van der Waals surface area contributed by atoms with Crippen molar-refractivity contribution in [2.45, 2.75) is 25.4 Å². The molecule has 0 spiro atoms. The van der Waals surface area contributed by atoms with Gasteiger partial charge in [-0.15, -0.1) is 0 Å². The third kappa shape index (κ3) is 6.58. The molecule has 1 atom stereocenters. The van der Waals surface area contributed by atoms with E-state index < -0.39 is 23.9 Å². The molecular formula is C20H22MoN8O5. The molecule has 34 heavy (non-hydrogen) atoms. The fourth-order valence-electron chi connectivity index (χ4n) is 3.03. The van der Waals surface area contributed by atoms with Gasteiger partial charge in [0, 0.05) is 45.8 Å². The number of anilines is 3. The fourth-order valence-corrected chi connectivity index (χ4v) is 3.03. The van der Waals surface area contributed by atoms with E-state index in [4.69, 9.17) is 16.6 Å². The van der Waals surface area contributed by atoms with Crippen molar-refractivity contribution in [2.24, 2.45) is 0 Å². The number of carboxylic acids is 2. The molecule has 0 aliphatic carbocycles. The van der Waals surface area contributed by atoms with E-state index >= 15 is 0 Å². The van der Waals surface area contributed by atoms with Gasteiger partial charge in [-0.05, 0) is 30.7 Å². The Hall–Kier alpha value is -3.86. The van der Waals surface area contributed by atoms with E-state index in [1.165, 1.54) is 12.1 Å². The molecule has 14 heteroatoms. The van der Waals surface area contributed by atoms with E-state index in [1.54, 1.807) is 18.3 Å². The number of fused-ring (bicyclic) bond motifs is 1. The van der Waals surface area contributed by atoms with Crippen molar-refractivity contribution < 1.29 is 45.7 Å². The zero-order valence-electron chi connectivity index (χ0n) is 18.0. The van der Waals surface area contributed by atoms with Gasteiger partial charge >= 0.3 is 11.9 Å². The van der Waals surface area contributed by atoms with Gasteiger partial charge in [0.05, 0.1) is 18.4 Å². The summed E-state index contributed by atoms with van der Waals surface area (Å²) in [4.78, 5) is 52.7. The Labute approximate surface area is 207 Å². The molecule has 13 nitrogen and oxygen atoms in total. The predicted molar refractivity (Wildman–Crippen MR) is 118 cm³/mol. The molecule has 2 heterocycles. The number of hydrogen-bond acceptors (Lipinski definition) is 10. The number of nitrogen functional groups attached to an aromatic ring is 2. The summed E-state index contributed by atoms with van der Waals surface area (Å²) in [7, 11) is 1.82. The van der Waals surface area contributed by atoms with Gasteiger partial charge in [-0.2, -0.15) is 9.97 Å². The number of nitrogens with two attached hydrogens (primary N) is 2. The van der Waals surface area contributed by atoms with Gasteiger partial charge in [0.15, 0.2) is 17.0 Å². The van der Waals surface area contributed by atoms with Crippen molar-refractivity contribution in [1.82, 2.24) is 25.3 Å². The van der Waals surface area contributed by atoms with Crippen LogP contribution in [0, 0.1) is 0 Å². The third-order valence-corrected chi connectivity index (χ3v) is 4.72. The van der Waals surface area contributed by atoms with Crippen LogP contribution in [0.2, 0.25) is 0 Å². The average Bonchev–Trinajstić information content (AvgIpc) is 2.76. The van der Waals surface area contributed by atoms with E-state index in [2.05, 4.69) is 25.3 Å². The van der Waals surface area contributed by atoms with Crippen LogP contribution in [0.4, 0.5) is 17.5 Å². The number of aliphatic carboxylic acids is 2. The van der Waals surface area contributed by atoms with Crippen LogP contribution in [-0.2, 0) is 37.2 Å². The monoisotopic (exact) mass is 552 g/mol. The van der Waals surface area contributed by atoms with Gasteiger partial charge in [-0.3, -0.25) is 9.59 Å². The first-order valence-electron chi connectivity index (χ1n) is 9.75. The first-order chi connectivity index (χ1) is 15.6. The quantitative estimate of drug-likeness (QED) is 0.227. The largest absolute Gasteiger partial charge is 0.481 e. The number of hydrogen-bond donors (Lipinski definition) is 5. The first kappa shape index (κ1) is 26.4. The summed E-state index contributed by atoms with van der Waals surface area (Å²) in [6, 6.07) is 5.16. The molecule has 2 aromatic heterocycles. The van der Waals surface area contributed by atoms with Crippen LogP contribution >= 0.6 is 0 Å². The summed E-state index contributed by atoms with van der Waals surface area (Å²) in [5, 5.41) is 20.2. The maximum absolute atomic E-state index is 12.4. The second-order valence-corrected chi connectivity index (χ2v) is 7.20. The minimum Gasteiger partial charge on any atom is -0.481 e. The predicted octanol–water partition coefficient (Wildman–Crippen LogP) is 0.266. The van der Waals surface area contributed by atoms with Crippen molar-refractivity contribution in [2.75, 3.05) is 23.4 Å². The smallest absolute Gasteiger partial charge is 0.326 e. The zero-order chi connectivity index (χ0) is 24.1. The second kappa shape index (κ2) is 11.3. The Kier molecular flexibility index (Phi) is 8.79. The maximum Gasteiger partial charge on any atom is 0.326 e. The number of carbonyl (C=O) groups is 3. The minimum absolute atomic E-state index is 0. The topological polar surface area (TPSA) is 211 Å². The molecule has 0 saturated heterocycles. The van der Waals surface area contributed by atoms with E-state index in [0.29, 0.717) is 23.4 Å². The molecule has 3 rings (SSSR count). The Morgan fingerprint density at radius 3 is 2.38 bits per heavy atom. The van der Waals surface area contributed by atoms with Gasteiger partial charge in [0.2, 0.25) is 5.95 Å². The van der Waals surface area contributed by atoms with E-state index in [0.717, 1.165) is 5.69 Å². The van der Waals surface area contributed by atoms with Crippen LogP contribution in [0.5, 0.6) is 0 Å². The Balaban J connectivity index is 0.00000408. The fraction of sp³-hybridized carbons (Fsp3) is 0.250. The zero-order valence-corrected chi connectivity index (χ0v) is 20.0. The van der Waals surface area contributed by atoms with E-state index in [9.17, 15) is 19.5 Å². The number of aromatic nitrogens is 4. The first-order valence-corrected chi connectivity index (χ1v) is 9.75. The molecule has 0 unspecified atom stereocenters. The number of amides is 1. The Morgan fingerprint density at radius 2 is 1.76 bits per heavy atom. The molecule has 3 aromatic rings. The molecule has 0 aliphatic heterocycles. The van der Waals surface area contributed by atoms with Gasteiger partial charge in [0.1, 0.15) is 6.04 Å². The van der Waals surface area contributed by atoms with Gasteiger partial charge in [0.25, 0.3) is 5.91 Å². The van der Waals surface area contributed by atoms with E-state index in [-0.39, 0.29) is 51.2 Å². The summed E-state index contributed by atoms with van der Waals surface area (Å²) in [6.07, 6.45) is 0.964. The second-order valence-electron chi connectivity index (χ2n) is 7.20. The van der Waals surface area contributed by atoms with Gasteiger partial charge in [-0.1, -0.05) is 0 Å². The van der Waals surface area contributed by atoms with Crippen molar-refractivity contribution in [3.05, 3.63) is 41.7 Å². The molecule has 178 valence electrons. The number of benzene rings is 1. The normalized spacial score (nSPS) is 11.3. The molecule has 0 fully saturated rings. The third-order valence-electron chi connectivity index (χ3n) is 4.72.